The Kier molecular flexibility index (Phi) is 10.3. The molecule has 0 spiro atoms. The van der Waals surface area contributed by atoms with Crippen molar-refractivity contribution in [3.8, 4) is 11.5 Å². The van der Waals surface area contributed by atoms with Gasteiger partial charge >= 0.3 is 0 Å². The van der Waals surface area contributed by atoms with E-state index in [1.807, 2.05) is 103 Å². The van der Waals surface area contributed by atoms with Crippen LogP contribution in [-0.4, -0.2) is 43.5 Å². The molecule has 0 aliphatic rings. The van der Waals surface area contributed by atoms with Gasteiger partial charge in [0.05, 0.1) is 20.6 Å². The molecule has 206 valence electrons. The molecule has 4 aromatic carbocycles. The predicted octanol–water partition coefficient (Wildman–Crippen LogP) is 5.25. The molecule has 0 aliphatic heterocycles. The van der Waals surface area contributed by atoms with E-state index in [1.165, 1.54) is 0 Å². The molecule has 0 heterocycles. The van der Waals surface area contributed by atoms with Gasteiger partial charge in [-0.2, -0.15) is 0 Å². The summed E-state index contributed by atoms with van der Waals surface area (Å²) < 4.78 is 10.8. The number of benzene rings is 4. The van der Waals surface area contributed by atoms with E-state index < -0.39 is 6.04 Å². The molecule has 0 aliphatic carbocycles. The van der Waals surface area contributed by atoms with E-state index in [2.05, 4.69) is 5.32 Å². The Balaban J connectivity index is 1.61. The number of hydrogen-bond acceptors (Lipinski definition) is 4. The van der Waals surface area contributed by atoms with Crippen LogP contribution in [0.25, 0.3) is 0 Å². The van der Waals surface area contributed by atoms with E-state index in [0.29, 0.717) is 37.4 Å². The first-order valence-corrected chi connectivity index (χ1v) is 13.5. The monoisotopic (exact) mass is 536 g/mol. The van der Waals surface area contributed by atoms with Crippen LogP contribution < -0.4 is 14.8 Å². The Morgan fingerprint density at radius 3 is 1.88 bits per heavy atom. The zero-order valence-electron chi connectivity index (χ0n) is 23.1. The van der Waals surface area contributed by atoms with E-state index in [0.717, 1.165) is 22.3 Å². The first-order valence-electron chi connectivity index (χ1n) is 13.5. The summed E-state index contributed by atoms with van der Waals surface area (Å²) >= 11 is 0. The van der Waals surface area contributed by atoms with Crippen LogP contribution in [0.5, 0.6) is 11.5 Å². The number of carbonyl (C=O) groups excluding carboxylic acids is 2. The number of rotatable bonds is 13. The van der Waals surface area contributed by atoms with Gasteiger partial charge in [-0.3, -0.25) is 9.59 Å². The summed E-state index contributed by atoms with van der Waals surface area (Å²) in [6, 6.07) is 34.4. The van der Waals surface area contributed by atoms with Gasteiger partial charge in [0.2, 0.25) is 11.8 Å². The van der Waals surface area contributed by atoms with Gasteiger partial charge < -0.3 is 19.7 Å². The van der Waals surface area contributed by atoms with Crippen molar-refractivity contribution in [1.82, 2.24) is 10.2 Å². The molecule has 0 unspecified atom stereocenters. The molecule has 0 fully saturated rings. The Morgan fingerprint density at radius 1 is 0.700 bits per heavy atom. The minimum atomic E-state index is -0.689. The lowest BCUT2D eigenvalue weighted by Gasteiger charge is -2.32. The topological polar surface area (TPSA) is 67.9 Å². The molecule has 1 N–H and O–H groups in total. The quantitative estimate of drug-likeness (QED) is 0.254. The second-order valence-electron chi connectivity index (χ2n) is 9.61. The highest BCUT2D eigenvalue weighted by molar-refractivity contribution is 5.89. The van der Waals surface area contributed by atoms with Crippen LogP contribution in [0.2, 0.25) is 0 Å². The van der Waals surface area contributed by atoms with Crippen LogP contribution >= 0.6 is 0 Å². The van der Waals surface area contributed by atoms with E-state index in [9.17, 15) is 9.59 Å². The lowest BCUT2D eigenvalue weighted by Crippen LogP contribution is -2.51. The first kappa shape index (κ1) is 28.4. The summed E-state index contributed by atoms with van der Waals surface area (Å²) in [5.41, 5.74) is 3.87. The molecule has 0 saturated carbocycles. The third kappa shape index (κ3) is 7.96. The van der Waals surface area contributed by atoms with Gasteiger partial charge in [-0.05, 0) is 40.8 Å². The molecule has 1 atom stereocenters. The summed E-state index contributed by atoms with van der Waals surface area (Å²) in [5, 5.41) is 3.10. The van der Waals surface area contributed by atoms with Crippen molar-refractivity contribution >= 4 is 11.8 Å². The van der Waals surface area contributed by atoms with Crippen molar-refractivity contribution in [2.24, 2.45) is 0 Å². The fourth-order valence-corrected chi connectivity index (χ4v) is 4.69. The van der Waals surface area contributed by atoms with Gasteiger partial charge in [-0.1, -0.05) is 97.1 Å². The Morgan fingerprint density at radius 2 is 1.27 bits per heavy atom. The Hall–Kier alpha value is -4.58. The largest absolute Gasteiger partial charge is 0.493 e. The Labute approximate surface area is 236 Å². The molecule has 4 aromatic rings. The molecule has 6 heteroatoms. The summed E-state index contributed by atoms with van der Waals surface area (Å²) in [6.07, 6.45) is 1.24. The maximum absolute atomic E-state index is 14.0. The molecule has 2 amide bonds. The van der Waals surface area contributed by atoms with Crippen LogP contribution in [0, 0.1) is 0 Å². The number of methoxy groups -OCH3 is 2. The van der Waals surface area contributed by atoms with Crippen LogP contribution in [0.4, 0.5) is 0 Å². The predicted molar refractivity (Wildman–Crippen MR) is 157 cm³/mol. The van der Waals surface area contributed by atoms with E-state index >= 15 is 0 Å². The zero-order chi connectivity index (χ0) is 28.2. The number of amides is 2. The summed E-state index contributed by atoms with van der Waals surface area (Å²) in [4.78, 5) is 29.5. The van der Waals surface area contributed by atoms with Gasteiger partial charge in [0.25, 0.3) is 0 Å². The van der Waals surface area contributed by atoms with E-state index in [-0.39, 0.29) is 18.2 Å². The van der Waals surface area contributed by atoms with Crippen LogP contribution in [-0.2, 0) is 35.4 Å². The molecule has 40 heavy (non-hydrogen) atoms. The molecule has 0 aromatic heterocycles. The third-order valence-corrected chi connectivity index (χ3v) is 6.83. The van der Waals surface area contributed by atoms with Crippen LogP contribution in [0.3, 0.4) is 0 Å². The van der Waals surface area contributed by atoms with E-state index in [4.69, 9.17) is 9.47 Å². The fourth-order valence-electron chi connectivity index (χ4n) is 4.69. The van der Waals surface area contributed by atoms with Gasteiger partial charge in [0.1, 0.15) is 6.04 Å². The maximum atomic E-state index is 14.0. The standard InChI is InChI=1S/C34H36N2O4/c1-39-31-19-18-29(23-32(31)40-2)24-33(37)36(25-28-16-10-5-11-17-28)30(22-27-14-8-4-9-15-27)34(38)35-21-20-26-12-6-3-7-13-26/h3-19,23,30H,20-22,24-25H2,1-2H3,(H,35,38)/t30-/m1/s1. The van der Waals surface area contributed by atoms with Gasteiger partial charge in [-0.15, -0.1) is 0 Å². The second-order valence-corrected chi connectivity index (χ2v) is 9.61. The van der Waals surface area contributed by atoms with Gasteiger partial charge in [0.15, 0.2) is 11.5 Å². The molecular formula is C34H36N2O4. The fraction of sp³-hybridized carbons (Fsp3) is 0.235. The number of nitrogens with zero attached hydrogens (tertiary/aromatic N) is 1. The minimum absolute atomic E-state index is 0.121. The number of hydrogen-bond donors (Lipinski definition) is 1. The summed E-state index contributed by atoms with van der Waals surface area (Å²) in [6.45, 7) is 0.799. The number of carbonyl (C=O) groups is 2. The number of ether oxygens (including phenoxy) is 2. The van der Waals surface area contributed by atoms with Crippen molar-refractivity contribution in [2.75, 3.05) is 20.8 Å². The van der Waals surface area contributed by atoms with Crippen molar-refractivity contribution in [3.63, 3.8) is 0 Å². The maximum Gasteiger partial charge on any atom is 0.243 e. The summed E-state index contributed by atoms with van der Waals surface area (Å²) in [5.74, 6) is 0.841. The number of nitrogens with one attached hydrogen (secondary N) is 1. The molecule has 6 nitrogen and oxygen atoms in total. The second kappa shape index (κ2) is 14.5. The lowest BCUT2D eigenvalue weighted by molar-refractivity contribution is -0.140. The molecule has 0 saturated heterocycles. The molecule has 0 radical (unpaired) electrons. The summed E-state index contributed by atoms with van der Waals surface area (Å²) in [7, 11) is 3.15. The van der Waals surface area contributed by atoms with Gasteiger partial charge in [0, 0.05) is 19.5 Å². The average molecular weight is 537 g/mol. The van der Waals surface area contributed by atoms with Gasteiger partial charge in [-0.25, -0.2) is 0 Å². The first-order chi connectivity index (χ1) is 19.6. The Bertz CT molecular complexity index is 1360. The van der Waals surface area contributed by atoms with Crippen LogP contribution in [0.15, 0.2) is 109 Å². The molecule has 4 rings (SSSR count). The van der Waals surface area contributed by atoms with Crippen molar-refractivity contribution in [3.05, 3.63) is 131 Å². The van der Waals surface area contributed by atoms with Crippen molar-refractivity contribution < 1.29 is 19.1 Å². The molecular weight excluding hydrogens is 500 g/mol. The highest BCUT2D eigenvalue weighted by Gasteiger charge is 2.30. The zero-order valence-corrected chi connectivity index (χ0v) is 23.1. The van der Waals surface area contributed by atoms with Crippen molar-refractivity contribution in [2.45, 2.75) is 31.8 Å². The minimum Gasteiger partial charge on any atom is -0.493 e. The highest BCUT2D eigenvalue weighted by Crippen LogP contribution is 2.28. The molecule has 0 bridgehead atoms. The average Bonchev–Trinajstić information content (AvgIpc) is 3.00. The van der Waals surface area contributed by atoms with Crippen LogP contribution in [0.1, 0.15) is 22.3 Å². The highest BCUT2D eigenvalue weighted by atomic mass is 16.5. The third-order valence-electron chi connectivity index (χ3n) is 6.83. The van der Waals surface area contributed by atoms with Crippen molar-refractivity contribution in [1.29, 1.82) is 0 Å². The SMILES string of the molecule is COc1ccc(CC(=O)N(Cc2ccccc2)[C@H](Cc2ccccc2)C(=O)NCCc2ccccc2)cc1OC. The normalized spacial score (nSPS) is 11.3. The van der Waals surface area contributed by atoms with E-state index in [1.54, 1.807) is 25.2 Å². The smallest absolute Gasteiger partial charge is 0.243 e. The lowest BCUT2D eigenvalue weighted by atomic mass is 10.0.